The number of fused-ring (bicyclic) bond motifs is 2. The molecular weight excluding hydrogens is 643 g/mol. The van der Waals surface area contributed by atoms with Gasteiger partial charge < -0.3 is 4.74 Å². The molecule has 0 N–H and O–H groups in total. The normalized spacial score (nSPS) is 19.1. The van der Waals surface area contributed by atoms with Gasteiger partial charge in [-0.1, -0.05) is 189 Å². The highest BCUT2D eigenvalue weighted by Gasteiger charge is 2.47. The Balaban J connectivity index is 1.23. The van der Waals surface area contributed by atoms with Crippen molar-refractivity contribution in [3.8, 4) is 11.5 Å². The summed E-state index contributed by atoms with van der Waals surface area (Å²) >= 11 is 0. The van der Waals surface area contributed by atoms with E-state index in [1.807, 2.05) is 24.3 Å². The molecule has 258 valence electrons. The van der Waals surface area contributed by atoms with Crippen molar-refractivity contribution in [2.24, 2.45) is 10.9 Å². The van der Waals surface area contributed by atoms with Crippen LogP contribution in [0.2, 0.25) is 0 Å². The second-order valence-corrected chi connectivity index (χ2v) is 13.8. The highest BCUT2D eigenvalue weighted by molar-refractivity contribution is 6.08. The van der Waals surface area contributed by atoms with Crippen LogP contribution < -0.4 is 4.74 Å². The fourth-order valence-corrected chi connectivity index (χ4v) is 8.24. The SMILES string of the molecule is C=C/C(=N\C(/C=C/C(=C)C1C=CC=CC1c1ccccc1C1(c2ccccc2)c2ccccc2Oc2ccccc21)C1=CCCC=C1)c1ccccc1. The fraction of sp³-hybridized carbons (Fsp3) is 0.118. The van der Waals surface area contributed by atoms with Gasteiger partial charge in [0.25, 0.3) is 0 Å². The third-order valence-electron chi connectivity index (χ3n) is 10.7. The topological polar surface area (TPSA) is 21.6 Å². The molecule has 3 atom stereocenters. The predicted octanol–water partition coefficient (Wildman–Crippen LogP) is 12.4. The molecule has 0 saturated heterocycles. The number of ether oxygens (including phenoxy) is 1. The molecule has 1 heterocycles. The maximum atomic E-state index is 6.61. The summed E-state index contributed by atoms with van der Waals surface area (Å²) in [6, 6.07) is 47.0. The minimum absolute atomic E-state index is 0.0315. The Morgan fingerprint density at radius 1 is 0.717 bits per heavy atom. The highest BCUT2D eigenvalue weighted by atomic mass is 16.5. The molecule has 0 amide bonds. The largest absolute Gasteiger partial charge is 0.457 e. The molecule has 53 heavy (non-hydrogen) atoms. The molecule has 5 aromatic carbocycles. The summed E-state index contributed by atoms with van der Waals surface area (Å²) in [6.07, 6.45) is 24.1. The Morgan fingerprint density at radius 2 is 1.34 bits per heavy atom. The molecule has 0 radical (unpaired) electrons. The molecule has 2 heteroatoms. The summed E-state index contributed by atoms with van der Waals surface area (Å²) in [5.41, 5.74) is 9.51. The molecule has 8 rings (SSSR count). The van der Waals surface area contributed by atoms with Crippen molar-refractivity contribution in [2.45, 2.75) is 30.2 Å². The van der Waals surface area contributed by atoms with Crippen LogP contribution in [0.5, 0.6) is 11.5 Å². The van der Waals surface area contributed by atoms with Crippen LogP contribution in [0.15, 0.2) is 224 Å². The lowest BCUT2D eigenvalue weighted by Gasteiger charge is -2.43. The maximum absolute atomic E-state index is 6.61. The summed E-state index contributed by atoms with van der Waals surface area (Å²) in [7, 11) is 0. The van der Waals surface area contributed by atoms with Gasteiger partial charge in [-0.2, -0.15) is 0 Å². The first kappa shape index (κ1) is 33.9. The second-order valence-electron chi connectivity index (χ2n) is 13.8. The van der Waals surface area contributed by atoms with Crippen molar-refractivity contribution in [1.82, 2.24) is 0 Å². The Morgan fingerprint density at radius 3 is 2.02 bits per heavy atom. The van der Waals surface area contributed by atoms with Gasteiger partial charge in [-0.15, -0.1) is 0 Å². The molecule has 5 aromatic rings. The number of aliphatic imine (C=N–C) groups is 1. The first-order chi connectivity index (χ1) is 26.2. The molecule has 0 bridgehead atoms. The third kappa shape index (κ3) is 6.42. The zero-order valence-corrected chi connectivity index (χ0v) is 29.9. The highest BCUT2D eigenvalue weighted by Crippen LogP contribution is 2.57. The van der Waals surface area contributed by atoms with Crippen LogP contribution in [-0.4, -0.2) is 11.8 Å². The molecule has 1 aliphatic heterocycles. The third-order valence-corrected chi connectivity index (χ3v) is 10.7. The van der Waals surface area contributed by atoms with E-state index in [4.69, 9.17) is 16.3 Å². The van der Waals surface area contributed by atoms with Crippen LogP contribution in [0, 0.1) is 5.92 Å². The molecule has 0 saturated carbocycles. The van der Waals surface area contributed by atoms with Crippen LogP contribution in [0.25, 0.3) is 0 Å². The van der Waals surface area contributed by atoms with Gasteiger partial charge >= 0.3 is 0 Å². The number of hydrogen-bond acceptors (Lipinski definition) is 2. The second kappa shape index (κ2) is 15.2. The first-order valence-electron chi connectivity index (χ1n) is 18.5. The Kier molecular flexibility index (Phi) is 9.69. The average Bonchev–Trinajstić information content (AvgIpc) is 3.24. The summed E-state index contributed by atoms with van der Waals surface area (Å²) < 4.78 is 6.61. The lowest BCUT2D eigenvalue weighted by atomic mass is 9.61. The van der Waals surface area contributed by atoms with E-state index in [9.17, 15) is 0 Å². The van der Waals surface area contributed by atoms with Gasteiger partial charge in [-0.05, 0) is 64.5 Å². The zero-order chi connectivity index (χ0) is 36.0. The average molecular weight is 686 g/mol. The van der Waals surface area contributed by atoms with E-state index in [2.05, 4.69) is 177 Å². The smallest absolute Gasteiger partial charge is 0.132 e. The van der Waals surface area contributed by atoms with Crippen molar-refractivity contribution in [3.63, 3.8) is 0 Å². The molecule has 0 aromatic heterocycles. The van der Waals surface area contributed by atoms with Crippen LogP contribution in [0.1, 0.15) is 52.1 Å². The Hall–Kier alpha value is -6.25. The lowest BCUT2D eigenvalue weighted by molar-refractivity contribution is 0.433. The minimum atomic E-state index is -0.613. The van der Waals surface area contributed by atoms with Gasteiger partial charge in [0.1, 0.15) is 11.5 Å². The van der Waals surface area contributed by atoms with Gasteiger partial charge in [0, 0.05) is 23.0 Å². The molecule has 0 fully saturated rings. The van der Waals surface area contributed by atoms with E-state index in [1.165, 1.54) is 22.3 Å². The number of benzene rings is 5. The molecule has 2 nitrogen and oxygen atoms in total. The zero-order valence-electron chi connectivity index (χ0n) is 29.9. The Bertz CT molecular complexity index is 2270. The first-order valence-corrected chi connectivity index (χ1v) is 18.5. The van der Waals surface area contributed by atoms with E-state index >= 15 is 0 Å². The molecule has 0 spiro atoms. The fourth-order valence-electron chi connectivity index (χ4n) is 8.24. The summed E-state index contributed by atoms with van der Waals surface area (Å²) in [5, 5.41) is 0. The van der Waals surface area contributed by atoms with Crippen LogP contribution in [0.3, 0.4) is 0 Å². The van der Waals surface area contributed by atoms with Crippen molar-refractivity contribution in [2.75, 3.05) is 0 Å². The van der Waals surface area contributed by atoms with E-state index in [1.54, 1.807) is 0 Å². The number of nitrogens with zero attached hydrogens (tertiary/aromatic N) is 1. The van der Waals surface area contributed by atoms with E-state index in [-0.39, 0.29) is 17.9 Å². The molecule has 3 unspecified atom stereocenters. The molecule has 3 aliphatic rings. The summed E-state index contributed by atoms with van der Waals surface area (Å²) in [5.74, 6) is 1.82. The minimum Gasteiger partial charge on any atom is -0.457 e. The van der Waals surface area contributed by atoms with Gasteiger partial charge in [-0.25, -0.2) is 0 Å². The van der Waals surface area contributed by atoms with Crippen molar-refractivity contribution < 1.29 is 4.74 Å². The number of rotatable bonds is 10. The Labute approximate surface area is 313 Å². The van der Waals surface area contributed by atoms with Crippen molar-refractivity contribution in [1.29, 1.82) is 0 Å². The quantitative estimate of drug-likeness (QED) is 0.104. The van der Waals surface area contributed by atoms with E-state index in [0.717, 1.165) is 52.3 Å². The number of para-hydroxylation sites is 2. The van der Waals surface area contributed by atoms with E-state index < -0.39 is 5.41 Å². The molecule has 2 aliphatic carbocycles. The van der Waals surface area contributed by atoms with Gasteiger partial charge in [0.2, 0.25) is 0 Å². The standard InChI is InChI=1S/C51H43NO/c1-3-47(38-21-7-4-8-22-38)52-48(39-23-9-5-10-24-39)36-35-37(2)41-27-13-14-28-42(41)43-29-15-16-30-44(43)51(40-25-11-6-12-26-40)45-31-17-19-33-49(45)53-50-34-20-18-32-46(50)51/h3-4,6-9,11-36,41-42,48H,1-2,5,10H2/b36-35+,52-47+. The van der Waals surface area contributed by atoms with Crippen LogP contribution in [-0.2, 0) is 5.41 Å². The summed E-state index contributed by atoms with van der Waals surface area (Å²) in [6.45, 7) is 8.84. The predicted molar refractivity (Wildman–Crippen MR) is 221 cm³/mol. The van der Waals surface area contributed by atoms with Crippen molar-refractivity contribution >= 4 is 5.71 Å². The summed E-state index contributed by atoms with van der Waals surface area (Å²) in [4.78, 5) is 5.25. The lowest BCUT2D eigenvalue weighted by Crippen LogP contribution is -2.35. The van der Waals surface area contributed by atoms with Crippen LogP contribution >= 0.6 is 0 Å². The maximum Gasteiger partial charge on any atom is 0.132 e. The van der Waals surface area contributed by atoms with Gasteiger partial charge in [-0.3, -0.25) is 4.99 Å². The number of allylic oxidation sites excluding steroid dienone is 9. The van der Waals surface area contributed by atoms with E-state index in [0.29, 0.717) is 0 Å². The monoisotopic (exact) mass is 685 g/mol. The molecular formula is C51H43NO. The van der Waals surface area contributed by atoms with Gasteiger partial charge in [0.15, 0.2) is 0 Å². The number of hydrogen-bond donors (Lipinski definition) is 0. The van der Waals surface area contributed by atoms with Crippen molar-refractivity contribution in [3.05, 3.63) is 252 Å². The van der Waals surface area contributed by atoms with Gasteiger partial charge in [0.05, 0.1) is 17.2 Å². The van der Waals surface area contributed by atoms with Crippen LogP contribution in [0.4, 0.5) is 0 Å².